The molecule has 3 aromatic carbocycles. The van der Waals surface area contributed by atoms with Gasteiger partial charge in [0.05, 0.1) is 11.3 Å². The number of nitrogens with one attached hydrogen (secondary N) is 1. The van der Waals surface area contributed by atoms with Crippen LogP contribution in [0.1, 0.15) is 16.2 Å². The van der Waals surface area contributed by atoms with Crippen LogP contribution in [-0.4, -0.2) is 16.0 Å². The van der Waals surface area contributed by atoms with Crippen LogP contribution < -0.4 is 5.32 Å². The molecule has 4 rings (SSSR count). The van der Waals surface area contributed by atoms with Crippen molar-refractivity contribution in [2.75, 3.05) is 5.32 Å². The predicted octanol–water partition coefficient (Wildman–Crippen LogP) is 4.96. The summed E-state index contributed by atoms with van der Waals surface area (Å²) in [4.78, 5) is 16.9. The summed E-state index contributed by atoms with van der Waals surface area (Å²) in [5.41, 5.74) is 4.06. The minimum atomic E-state index is -0.196. The van der Waals surface area contributed by atoms with Crippen LogP contribution in [0.3, 0.4) is 0 Å². The molecule has 1 heterocycles. The van der Waals surface area contributed by atoms with E-state index in [2.05, 4.69) is 15.5 Å². The largest absolute Gasteiger partial charge is 0.334 e. The average molecular weight is 355 g/mol. The Morgan fingerprint density at radius 2 is 1.52 bits per heavy atom. The second kappa shape index (κ2) is 7.25. The molecule has 4 aromatic rings. The van der Waals surface area contributed by atoms with Crippen LogP contribution in [0.25, 0.3) is 22.6 Å². The molecule has 1 aromatic heterocycles. The first kappa shape index (κ1) is 16.7. The Hall–Kier alpha value is -3.73. The maximum atomic E-state index is 12.7. The van der Waals surface area contributed by atoms with Gasteiger partial charge in [-0.3, -0.25) is 4.79 Å². The minimum absolute atomic E-state index is 0.196. The minimum Gasteiger partial charge on any atom is -0.334 e. The Morgan fingerprint density at radius 1 is 0.852 bits per heavy atom. The van der Waals surface area contributed by atoms with E-state index in [4.69, 9.17) is 4.52 Å². The van der Waals surface area contributed by atoms with Gasteiger partial charge in [0.2, 0.25) is 0 Å². The molecule has 5 nitrogen and oxygen atoms in total. The van der Waals surface area contributed by atoms with Crippen molar-refractivity contribution in [2.24, 2.45) is 0 Å². The Kier molecular flexibility index (Phi) is 4.49. The molecule has 27 heavy (non-hydrogen) atoms. The van der Waals surface area contributed by atoms with Crippen molar-refractivity contribution in [3.8, 4) is 22.6 Å². The van der Waals surface area contributed by atoms with E-state index in [1.807, 2.05) is 78.9 Å². The fraction of sp³-hybridized carbons (Fsp3) is 0.0455. The molecule has 1 N–H and O–H groups in total. The second-order valence-corrected chi connectivity index (χ2v) is 6.09. The molecule has 0 unspecified atom stereocenters. The number of carbonyl (C=O) groups excluding carboxylic acids is 1. The van der Waals surface area contributed by atoms with E-state index in [1.165, 1.54) is 0 Å². The van der Waals surface area contributed by atoms with E-state index < -0.39 is 0 Å². The number of anilines is 1. The molecule has 0 aliphatic rings. The third kappa shape index (κ3) is 3.62. The number of hydrogen-bond acceptors (Lipinski definition) is 4. The van der Waals surface area contributed by atoms with Crippen LogP contribution in [0.4, 0.5) is 5.69 Å². The molecule has 5 heteroatoms. The lowest BCUT2D eigenvalue weighted by atomic mass is 10.0. The lowest BCUT2D eigenvalue weighted by Crippen LogP contribution is -2.12. The summed E-state index contributed by atoms with van der Waals surface area (Å²) in [6.07, 6.45) is 0. The lowest BCUT2D eigenvalue weighted by molar-refractivity contribution is 0.102. The number of carbonyl (C=O) groups is 1. The van der Waals surface area contributed by atoms with Gasteiger partial charge in [-0.05, 0) is 42.3 Å². The van der Waals surface area contributed by atoms with Gasteiger partial charge in [0, 0.05) is 5.56 Å². The van der Waals surface area contributed by atoms with E-state index >= 15 is 0 Å². The first-order valence-electron chi connectivity index (χ1n) is 8.57. The van der Waals surface area contributed by atoms with Gasteiger partial charge in [-0.1, -0.05) is 59.8 Å². The van der Waals surface area contributed by atoms with Gasteiger partial charge in [-0.25, -0.2) is 0 Å². The van der Waals surface area contributed by atoms with Gasteiger partial charge >= 0.3 is 0 Å². The third-order valence-corrected chi connectivity index (χ3v) is 4.19. The van der Waals surface area contributed by atoms with E-state index in [0.717, 1.165) is 11.1 Å². The van der Waals surface area contributed by atoms with Gasteiger partial charge in [-0.2, -0.15) is 4.98 Å². The SMILES string of the molecule is Cc1noc(-c2ccccc2NC(=O)c2ccc(-c3ccccc3)cc2)n1. The summed E-state index contributed by atoms with van der Waals surface area (Å²) in [7, 11) is 0. The van der Waals surface area contributed by atoms with Crippen LogP contribution in [0, 0.1) is 6.92 Å². The highest BCUT2D eigenvalue weighted by Gasteiger charge is 2.14. The zero-order chi connectivity index (χ0) is 18.6. The first-order valence-corrected chi connectivity index (χ1v) is 8.57. The van der Waals surface area contributed by atoms with Gasteiger partial charge in [0.25, 0.3) is 11.8 Å². The molecule has 1 amide bonds. The summed E-state index contributed by atoms with van der Waals surface area (Å²) in [5.74, 6) is 0.726. The van der Waals surface area contributed by atoms with Crippen molar-refractivity contribution in [1.29, 1.82) is 0 Å². The molecular formula is C22H17N3O2. The Morgan fingerprint density at radius 3 is 2.22 bits per heavy atom. The topological polar surface area (TPSA) is 68.0 Å². The standard InChI is InChI=1S/C22H17N3O2/c1-15-23-22(27-25-15)19-9-5-6-10-20(19)24-21(26)18-13-11-17(12-14-18)16-7-3-2-4-8-16/h2-14H,1H3,(H,24,26). The van der Waals surface area contributed by atoms with Crippen LogP contribution in [0.5, 0.6) is 0 Å². The highest BCUT2D eigenvalue weighted by atomic mass is 16.5. The fourth-order valence-corrected chi connectivity index (χ4v) is 2.82. The van der Waals surface area contributed by atoms with Crippen LogP contribution in [0.2, 0.25) is 0 Å². The fourth-order valence-electron chi connectivity index (χ4n) is 2.82. The van der Waals surface area contributed by atoms with Crippen molar-refractivity contribution in [2.45, 2.75) is 6.92 Å². The van der Waals surface area contributed by atoms with Crippen LogP contribution >= 0.6 is 0 Å². The zero-order valence-electron chi connectivity index (χ0n) is 14.7. The van der Waals surface area contributed by atoms with Gasteiger partial charge in [0.1, 0.15) is 0 Å². The Balaban J connectivity index is 1.57. The zero-order valence-corrected chi connectivity index (χ0v) is 14.7. The van der Waals surface area contributed by atoms with E-state index in [9.17, 15) is 4.79 Å². The summed E-state index contributed by atoms with van der Waals surface area (Å²) < 4.78 is 5.23. The highest BCUT2D eigenvalue weighted by Crippen LogP contribution is 2.27. The normalized spacial score (nSPS) is 10.6. The average Bonchev–Trinajstić information content (AvgIpc) is 3.15. The van der Waals surface area contributed by atoms with E-state index in [1.54, 1.807) is 6.92 Å². The molecule has 0 atom stereocenters. The molecule has 0 fully saturated rings. The van der Waals surface area contributed by atoms with Crippen molar-refractivity contribution in [3.05, 3.63) is 90.3 Å². The molecule has 0 bridgehead atoms. The quantitative estimate of drug-likeness (QED) is 0.561. The van der Waals surface area contributed by atoms with Crippen molar-refractivity contribution < 1.29 is 9.32 Å². The molecule has 132 valence electrons. The summed E-state index contributed by atoms with van der Waals surface area (Å²) in [6, 6.07) is 24.9. The van der Waals surface area contributed by atoms with Gasteiger partial charge in [-0.15, -0.1) is 0 Å². The Labute approximate surface area is 156 Å². The van der Waals surface area contributed by atoms with Crippen molar-refractivity contribution in [1.82, 2.24) is 10.1 Å². The maximum absolute atomic E-state index is 12.7. The number of hydrogen-bond donors (Lipinski definition) is 1. The number of rotatable bonds is 4. The first-order chi connectivity index (χ1) is 13.2. The number of aromatic nitrogens is 2. The number of benzene rings is 3. The molecule has 0 radical (unpaired) electrons. The van der Waals surface area contributed by atoms with E-state index in [0.29, 0.717) is 28.5 Å². The molecule has 0 saturated heterocycles. The summed E-state index contributed by atoms with van der Waals surface area (Å²) >= 11 is 0. The number of para-hydroxylation sites is 1. The molecule has 0 saturated carbocycles. The van der Waals surface area contributed by atoms with E-state index in [-0.39, 0.29) is 5.91 Å². The van der Waals surface area contributed by atoms with Crippen molar-refractivity contribution >= 4 is 11.6 Å². The van der Waals surface area contributed by atoms with Gasteiger partial charge in [0.15, 0.2) is 5.82 Å². The molecular weight excluding hydrogens is 338 g/mol. The smallest absolute Gasteiger partial charge is 0.260 e. The van der Waals surface area contributed by atoms with Crippen LogP contribution in [-0.2, 0) is 0 Å². The lowest BCUT2D eigenvalue weighted by Gasteiger charge is -2.09. The van der Waals surface area contributed by atoms with Crippen LogP contribution in [0.15, 0.2) is 83.4 Å². The number of nitrogens with zero attached hydrogens (tertiary/aromatic N) is 2. The maximum Gasteiger partial charge on any atom is 0.260 e. The summed E-state index contributed by atoms with van der Waals surface area (Å²) in [6.45, 7) is 1.75. The van der Waals surface area contributed by atoms with Gasteiger partial charge < -0.3 is 9.84 Å². The monoisotopic (exact) mass is 355 g/mol. The highest BCUT2D eigenvalue weighted by molar-refractivity contribution is 6.06. The second-order valence-electron chi connectivity index (χ2n) is 6.09. The number of amides is 1. The molecule has 0 spiro atoms. The van der Waals surface area contributed by atoms with Crippen molar-refractivity contribution in [3.63, 3.8) is 0 Å². The Bertz CT molecular complexity index is 1070. The number of aryl methyl sites for hydroxylation is 1. The summed E-state index contributed by atoms with van der Waals surface area (Å²) in [5, 5.41) is 6.74. The molecule has 0 aliphatic heterocycles. The molecule has 0 aliphatic carbocycles. The third-order valence-electron chi connectivity index (χ3n) is 4.19. The predicted molar refractivity (Wildman–Crippen MR) is 104 cm³/mol.